The lowest BCUT2D eigenvalue weighted by molar-refractivity contribution is -0.123. The van der Waals surface area contributed by atoms with E-state index in [1.807, 2.05) is 19.9 Å². The summed E-state index contributed by atoms with van der Waals surface area (Å²) in [5, 5.41) is 9.05. The Balaban J connectivity index is 3.11. The zero-order valence-corrected chi connectivity index (χ0v) is 10.4. The number of nitrogens with zero attached hydrogens (tertiary/aromatic N) is 1. The summed E-state index contributed by atoms with van der Waals surface area (Å²) in [6.07, 6.45) is 1.21. The third kappa shape index (κ3) is 2.92. The van der Waals surface area contributed by atoms with Gasteiger partial charge in [-0.25, -0.2) is 8.78 Å². The lowest BCUT2D eigenvalue weighted by atomic mass is 9.85. The second kappa shape index (κ2) is 6.25. The summed E-state index contributed by atoms with van der Waals surface area (Å²) in [7, 11) is 0. The number of carbonyl (C=O) groups is 1. The van der Waals surface area contributed by atoms with Crippen LogP contribution in [0.5, 0.6) is 0 Å². The number of rotatable bonds is 5. The summed E-state index contributed by atoms with van der Waals surface area (Å²) in [5.41, 5.74) is -0.0456. The van der Waals surface area contributed by atoms with Crippen LogP contribution in [-0.4, -0.2) is 5.78 Å². The van der Waals surface area contributed by atoms with Crippen LogP contribution in [0.25, 0.3) is 0 Å². The van der Waals surface area contributed by atoms with Gasteiger partial charge < -0.3 is 0 Å². The van der Waals surface area contributed by atoms with Gasteiger partial charge in [0.15, 0.2) is 5.78 Å². The number of benzene rings is 1. The van der Waals surface area contributed by atoms with Crippen molar-refractivity contribution >= 4 is 5.78 Å². The van der Waals surface area contributed by atoms with E-state index < -0.39 is 17.6 Å². The average molecular weight is 251 g/mol. The normalized spacial score (nSPS) is 12.2. The Kier molecular flexibility index (Phi) is 4.96. The Morgan fingerprint density at radius 2 is 1.94 bits per heavy atom. The second-order valence-corrected chi connectivity index (χ2v) is 4.14. The fourth-order valence-corrected chi connectivity index (χ4v) is 1.95. The molecule has 0 aliphatic heterocycles. The van der Waals surface area contributed by atoms with Crippen molar-refractivity contribution in [2.75, 3.05) is 0 Å². The molecule has 96 valence electrons. The fraction of sp³-hybridized carbons (Fsp3) is 0.429. The van der Waals surface area contributed by atoms with E-state index in [2.05, 4.69) is 0 Å². The van der Waals surface area contributed by atoms with Crippen molar-refractivity contribution in [3.05, 3.63) is 35.4 Å². The number of nitriles is 1. The molecule has 0 saturated carbocycles. The second-order valence-electron chi connectivity index (χ2n) is 4.14. The summed E-state index contributed by atoms with van der Waals surface area (Å²) in [6.45, 7) is 3.70. The molecule has 0 bridgehead atoms. The number of ketones is 1. The Morgan fingerprint density at radius 3 is 2.39 bits per heavy atom. The third-order valence-corrected chi connectivity index (χ3v) is 3.08. The van der Waals surface area contributed by atoms with E-state index >= 15 is 0 Å². The summed E-state index contributed by atoms with van der Waals surface area (Å²) in [5.74, 6) is -3.29. The van der Waals surface area contributed by atoms with Gasteiger partial charge in [-0.2, -0.15) is 5.26 Å². The van der Waals surface area contributed by atoms with Crippen molar-refractivity contribution in [3.63, 3.8) is 0 Å². The van der Waals surface area contributed by atoms with Crippen molar-refractivity contribution in [2.45, 2.75) is 32.6 Å². The van der Waals surface area contributed by atoms with Crippen LogP contribution in [-0.2, 0) is 4.79 Å². The number of halogens is 2. The molecule has 0 radical (unpaired) electrons. The predicted octanol–water partition coefficient (Wildman–Crippen LogP) is 3.58. The van der Waals surface area contributed by atoms with Crippen molar-refractivity contribution in [2.24, 2.45) is 5.92 Å². The van der Waals surface area contributed by atoms with Gasteiger partial charge in [0.2, 0.25) is 0 Å². The predicted molar refractivity (Wildman–Crippen MR) is 63.8 cm³/mol. The lowest BCUT2D eigenvalue weighted by Gasteiger charge is -2.16. The van der Waals surface area contributed by atoms with Crippen molar-refractivity contribution in [1.29, 1.82) is 5.26 Å². The smallest absolute Gasteiger partial charge is 0.157 e. The molecular weight excluding hydrogens is 236 g/mol. The van der Waals surface area contributed by atoms with Crippen LogP contribution in [0.15, 0.2) is 18.2 Å². The van der Waals surface area contributed by atoms with E-state index in [1.165, 1.54) is 6.07 Å². The van der Waals surface area contributed by atoms with Gasteiger partial charge in [0, 0.05) is 17.5 Å². The highest BCUT2D eigenvalue weighted by Gasteiger charge is 2.28. The van der Waals surface area contributed by atoms with E-state index in [9.17, 15) is 13.6 Å². The maximum atomic E-state index is 13.6. The molecule has 2 nitrogen and oxygen atoms in total. The van der Waals surface area contributed by atoms with Gasteiger partial charge in [0.25, 0.3) is 0 Å². The van der Waals surface area contributed by atoms with Crippen LogP contribution in [0.1, 0.15) is 38.2 Å². The first kappa shape index (κ1) is 14.3. The molecule has 1 aromatic carbocycles. The van der Waals surface area contributed by atoms with Crippen LogP contribution in [0.3, 0.4) is 0 Å². The molecular formula is C14H15F2NO. The Morgan fingerprint density at radius 1 is 1.33 bits per heavy atom. The van der Waals surface area contributed by atoms with Crippen LogP contribution >= 0.6 is 0 Å². The number of hydrogen-bond acceptors (Lipinski definition) is 2. The maximum absolute atomic E-state index is 13.6. The zero-order valence-electron chi connectivity index (χ0n) is 10.4. The molecule has 0 aliphatic rings. The molecule has 4 heteroatoms. The molecule has 1 unspecified atom stereocenters. The molecule has 0 fully saturated rings. The van der Waals surface area contributed by atoms with Crippen LogP contribution < -0.4 is 0 Å². The monoisotopic (exact) mass is 251 g/mol. The minimum absolute atomic E-state index is 0.0456. The van der Waals surface area contributed by atoms with Crippen molar-refractivity contribution in [1.82, 2.24) is 0 Å². The molecule has 0 aliphatic carbocycles. The van der Waals surface area contributed by atoms with Gasteiger partial charge in [0.1, 0.15) is 17.6 Å². The highest BCUT2D eigenvalue weighted by molar-refractivity contribution is 5.90. The molecule has 0 spiro atoms. The van der Waals surface area contributed by atoms with Crippen molar-refractivity contribution in [3.8, 4) is 6.07 Å². The van der Waals surface area contributed by atoms with Gasteiger partial charge >= 0.3 is 0 Å². The molecule has 0 N–H and O–H groups in total. The highest BCUT2D eigenvalue weighted by Crippen LogP contribution is 2.25. The molecule has 1 rings (SSSR count). The molecule has 0 heterocycles. The number of carbonyl (C=O) groups excluding carboxylic acids is 1. The number of Topliss-reactive ketones (excluding diaryl/α,β-unsaturated/α-hetero) is 1. The molecule has 0 aromatic heterocycles. The van der Waals surface area contributed by atoms with Crippen LogP contribution in [0, 0.1) is 28.9 Å². The molecule has 0 saturated heterocycles. The fourth-order valence-electron chi connectivity index (χ4n) is 1.95. The van der Waals surface area contributed by atoms with Crippen molar-refractivity contribution < 1.29 is 13.6 Å². The van der Waals surface area contributed by atoms with Gasteiger partial charge in [0.05, 0.1) is 6.07 Å². The average Bonchev–Trinajstić information content (AvgIpc) is 2.34. The Bertz CT molecular complexity index is 475. The molecule has 18 heavy (non-hydrogen) atoms. The lowest BCUT2D eigenvalue weighted by Crippen LogP contribution is -2.21. The quantitative estimate of drug-likeness (QED) is 0.802. The molecule has 0 amide bonds. The maximum Gasteiger partial charge on any atom is 0.157 e. The van der Waals surface area contributed by atoms with E-state index in [1.54, 1.807) is 0 Å². The van der Waals surface area contributed by atoms with E-state index in [-0.39, 0.29) is 17.3 Å². The summed E-state index contributed by atoms with van der Waals surface area (Å²) in [6, 6.07) is 4.73. The summed E-state index contributed by atoms with van der Waals surface area (Å²) in [4.78, 5) is 12.1. The summed E-state index contributed by atoms with van der Waals surface area (Å²) < 4.78 is 26.4. The Hall–Kier alpha value is -1.76. The minimum atomic E-state index is -1.16. The highest BCUT2D eigenvalue weighted by atomic mass is 19.1. The van der Waals surface area contributed by atoms with Crippen LogP contribution in [0.2, 0.25) is 0 Å². The van der Waals surface area contributed by atoms with Gasteiger partial charge in [-0.15, -0.1) is 0 Å². The first-order chi connectivity index (χ1) is 8.54. The van der Waals surface area contributed by atoms with Gasteiger partial charge in [-0.1, -0.05) is 19.9 Å². The van der Waals surface area contributed by atoms with Crippen LogP contribution in [0.4, 0.5) is 8.78 Å². The first-order valence-corrected chi connectivity index (χ1v) is 5.93. The molecule has 1 aromatic rings. The molecule has 1 atom stereocenters. The topological polar surface area (TPSA) is 40.9 Å². The van der Waals surface area contributed by atoms with Gasteiger partial charge in [-0.05, 0) is 18.9 Å². The third-order valence-electron chi connectivity index (χ3n) is 3.08. The van der Waals surface area contributed by atoms with E-state index in [0.29, 0.717) is 18.9 Å². The zero-order chi connectivity index (χ0) is 13.7. The first-order valence-electron chi connectivity index (χ1n) is 5.93. The SMILES string of the molecule is CCC(CC)C(=O)C(C#N)c1ccc(F)cc1F. The van der Waals surface area contributed by atoms with E-state index in [4.69, 9.17) is 5.26 Å². The van der Waals surface area contributed by atoms with Gasteiger partial charge in [-0.3, -0.25) is 4.79 Å². The Labute approximate surface area is 105 Å². The minimum Gasteiger partial charge on any atom is -0.298 e. The standard InChI is InChI=1S/C14H15F2NO/c1-3-9(4-2)14(18)12(8-17)11-6-5-10(15)7-13(11)16/h5-7,9,12H,3-4H2,1-2H3. The largest absolute Gasteiger partial charge is 0.298 e. The number of hydrogen-bond donors (Lipinski definition) is 0. The summed E-state index contributed by atoms with van der Waals surface area (Å²) >= 11 is 0. The van der Waals surface area contributed by atoms with E-state index in [0.717, 1.165) is 6.07 Å².